The predicted molar refractivity (Wildman–Crippen MR) is 95.9 cm³/mol. The van der Waals surface area contributed by atoms with Crippen LogP contribution in [0.3, 0.4) is 0 Å². The Kier molecular flexibility index (Phi) is 5.83. The van der Waals surface area contributed by atoms with Gasteiger partial charge in [0.25, 0.3) is 5.91 Å². The lowest BCUT2D eigenvalue weighted by Gasteiger charge is -2.23. The van der Waals surface area contributed by atoms with Crippen LogP contribution in [0.4, 0.5) is 0 Å². The summed E-state index contributed by atoms with van der Waals surface area (Å²) in [5.74, 6) is 1.30. The van der Waals surface area contributed by atoms with Crippen LogP contribution >= 0.6 is 11.3 Å². The van der Waals surface area contributed by atoms with Crippen molar-refractivity contribution >= 4 is 17.2 Å². The zero-order chi connectivity index (χ0) is 17.7. The Balaban J connectivity index is 1.96. The number of aromatic nitrogens is 1. The highest BCUT2D eigenvalue weighted by molar-refractivity contribution is 7.09. The van der Waals surface area contributed by atoms with E-state index in [0.29, 0.717) is 12.3 Å². The van der Waals surface area contributed by atoms with E-state index in [1.807, 2.05) is 30.5 Å². The summed E-state index contributed by atoms with van der Waals surface area (Å²) in [5.41, 5.74) is 1.76. The van der Waals surface area contributed by atoms with Gasteiger partial charge in [0.15, 0.2) is 6.61 Å². The number of aryl methyl sites for hydroxylation is 1. The molecule has 1 amide bonds. The van der Waals surface area contributed by atoms with E-state index in [2.05, 4.69) is 31.1 Å². The van der Waals surface area contributed by atoms with Gasteiger partial charge in [-0.15, -0.1) is 11.3 Å². The Bertz CT molecular complexity index is 705. The van der Waals surface area contributed by atoms with Gasteiger partial charge in [-0.2, -0.15) is 0 Å². The van der Waals surface area contributed by atoms with Gasteiger partial charge in [0.05, 0.1) is 24.4 Å². The Labute approximate surface area is 147 Å². The molecule has 0 aliphatic rings. The fourth-order valence-corrected chi connectivity index (χ4v) is 2.83. The molecule has 0 spiro atoms. The van der Waals surface area contributed by atoms with Gasteiger partial charge in [0.2, 0.25) is 0 Å². The first-order chi connectivity index (χ1) is 11.3. The molecular weight excluding hydrogens is 324 g/mol. The molecule has 2 aromatic rings. The molecule has 0 atom stereocenters. The lowest BCUT2D eigenvalue weighted by molar-refractivity contribution is -0.123. The van der Waals surface area contributed by atoms with Crippen molar-refractivity contribution in [2.75, 3.05) is 13.7 Å². The molecule has 0 aliphatic heterocycles. The molecule has 24 heavy (non-hydrogen) atoms. The summed E-state index contributed by atoms with van der Waals surface area (Å²) in [4.78, 5) is 16.3. The summed E-state index contributed by atoms with van der Waals surface area (Å²) in [7, 11) is 1.63. The van der Waals surface area contributed by atoms with Crippen LogP contribution in [-0.4, -0.2) is 24.6 Å². The molecule has 1 N–H and O–H groups in total. The van der Waals surface area contributed by atoms with Crippen molar-refractivity contribution in [2.45, 2.75) is 39.7 Å². The van der Waals surface area contributed by atoms with Crippen LogP contribution in [0, 0.1) is 6.92 Å². The molecule has 0 unspecified atom stereocenters. The molecule has 5 nitrogen and oxygen atoms in total. The number of carbonyl (C=O) groups is 1. The molecule has 2 rings (SSSR count). The number of methoxy groups -OCH3 is 1. The topological polar surface area (TPSA) is 60.5 Å². The largest absolute Gasteiger partial charge is 0.497 e. The highest BCUT2D eigenvalue weighted by atomic mass is 32.1. The van der Waals surface area contributed by atoms with E-state index in [-0.39, 0.29) is 17.9 Å². The van der Waals surface area contributed by atoms with Gasteiger partial charge in [-0.3, -0.25) is 4.79 Å². The summed E-state index contributed by atoms with van der Waals surface area (Å²) in [6.45, 7) is 8.62. The number of ether oxygens (including phenoxy) is 2. The average molecular weight is 348 g/mol. The van der Waals surface area contributed by atoms with Crippen molar-refractivity contribution in [3.63, 3.8) is 0 Å². The quantitative estimate of drug-likeness (QED) is 0.868. The third-order valence-electron chi connectivity index (χ3n) is 3.49. The molecule has 1 aromatic carbocycles. The van der Waals surface area contributed by atoms with E-state index in [9.17, 15) is 4.79 Å². The number of thiazole rings is 1. The zero-order valence-corrected chi connectivity index (χ0v) is 15.6. The van der Waals surface area contributed by atoms with Crippen LogP contribution in [0.2, 0.25) is 0 Å². The molecule has 1 aromatic heterocycles. The molecular formula is C18H24N2O3S. The fourth-order valence-electron chi connectivity index (χ4n) is 2.22. The summed E-state index contributed by atoms with van der Waals surface area (Å²) in [6, 6.07) is 5.63. The molecule has 0 aliphatic carbocycles. The van der Waals surface area contributed by atoms with Gasteiger partial charge >= 0.3 is 0 Å². The number of benzene rings is 1. The van der Waals surface area contributed by atoms with Gasteiger partial charge in [-0.05, 0) is 30.5 Å². The third-order valence-corrected chi connectivity index (χ3v) is 4.31. The van der Waals surface area contributed by atoms with Gasteiger partial charge in [0.1, 0.15) is 11.5 Å². The predicted octanol–water partition coefficient (Wildman–Crippen LogP) is 3.45. The summed E-state index contributed by atoms with van der Waals surface area (Å²) in [6.07, 6.45) is 0. The summed E-state index contributed by atoms with van der Waals surface area (Å²) < 4.78 is 11.0. The number of hydrogen-bond acceptors (Lipinski definition) is 5. The number of carbonyl (C=O) groups excluding carboxylic acids is 1. The number of nitrogens with one attached hydrogen (secondary N) is 1. The van der Waals surface area contributed by atoms with Crippen LogP contribution in [0.1, 0.15) is 37.0 Å². The minimum Gasteiger partial charge on any atom is -0.497 e. The number of hydrogen-bond donors (Lipinski definition) is 1. The van der Waals surface area contributed by atoms with E-state index in [4.69, 9.17) is 9.47 Å². The van der Waals surface area contributed by atoms with Crippen LogP contribution in [-0.2, 0) is 16.8 Å². The van der Waals surface area contributed by atoms with Crippen molar-refractivity contribution in [3.05, 3.63) is 39.8 Å². The second-order valence-electron chi connectivity index (χ2n) is 6.54. The molecule has 6 heteroatoms. The Morgan fingerprint density at radius 2 is 2.08 bits per heavy atom. The second kappa shape index (κ2) is 7.66. The number of rotatable bonds is 6. The lowest BCUT2D eigenvalue weighted by Crippen LogP contribution is -2.29. The second-order valence-corrected chi connectivity index (χ2v) is 7.60. The summed E-state index contributed by atoms with van der Waals surface area (Å²) in [5, 5.41) is 5.75. The van der Waals surface area contributed by atoms with Crippen molar-refractivity contribution in [1.82, 2.24) is 10.3 Å². The van der Waals surface area contributed by atoms with E-state index in [1.165, 1.54) is 0 Å². The van der Waals surface area contributed by atoms with Crippen LogP contribution in [0.25, 0.3) is 0 Å². The van der Waals surface area contributed by atoms with Gasteiger partial charge in [-0.1, -0.05) is 20.8 Å². The van der Waals surface area contributed by atoms with E-state index in [0.717, 1.165) is 22.0 Å². The molecule has 0 radical (unpaired) electrons. The highest BCUT2D eigenvalue weighted by Crippen LogP contribution is 2.34. The molecule has 0 bridgehead atoms. The molecule has 0 saturated carbocycles. The zero-order valence-electron chi connectivity index (χ0n) is 14.8. The smallest absolute Gasteiger partial charge is 0.258 e. The van der Waals surface area contributed by atoms with E-state index >= 15 is 0 Å². The first-order valence-electron chi connectivity index (χ1n) is 7.78. The van der Waals surface area contributed by atoms with Crippen molar-refractivity contribution in [1.29, 1.82) is 0 Å². The maximum atomic E-state index is 12.0. The first kappa shape index (κ1) is 18.3. The molecule has 0 saturated heterocycles. The monoisotopic (exact) mass is 348 g/mol. The molecule has 1 heterocycles. The lowest BCUT2D eigenvalue weighted by atomic mass is 9.86. The van der Waals surface area contributed by atoms with Gasteiger partial charge in [-0.25, -0.2) is 4.98 Å². The Hall–Kier alpha value is -2.08. The minimum absolute atomic E-state index is 0.0292. The minimum atomic E-state index is -0.170. The third kappa shape index (κ3) is 4.96. The maximum absolute atomic E-state index is 12.0. The summed E-state index contributed by atoms with van der Waals surface area (Å²) >= 11 is 1.57. The average Bonchev–Trinajstić information content (AvgIpc) is 2.95. The first-order valence-corrected chi connectivity index (χ1v) is 8.66. The normalized spacial score (nSPS) is 11.2. The van der Waals surface area contributed by atoms with Crippen LogP contribution in [0.5, 0.6) is 11.5 Å². The van der Waals surface area contributed by atoms with Crippen molar-refractivity contribution in [2.24, 2.45) is 0 Å². The van der Waals surface area contributed by atoms with Gasteiger partial charge in [0, 0.05) is 10.9 Å². The molecule has 0 fully saturated rings. The van der Waals surface area contributed by atoms with Gasteiger partial charge < -0.3 is 14.8 Å². The molecule has 130 valence electrons. The maximum Gasteiger partial charge on any atom is 0.258 e. The Morgan fingerprint density at radius 1 is 1.33 bits per heavy atom. The van der Waals surface area contributed by atoms with Crippen molar-refractivity contribution in [3.8, 4) is 11.5 Å². The highest BCUT2D eigenvalue weighted by Gasteiger charge is 2.20. The van der Waals surface area contributed by atoms with Crippen LogP contribution in [0.15, 0.2) is 23.6 Å². The number of amides is 1. The number of nitrogens with zero attached hydrogens (tertiary/aromatic N) is 1. The van der Waals surface area contributed by atoms with E-state index < -0.39 is 0 Å². The SMILES string of the molecule is COc1ccc(OCC(=O)NCc2csc(C)n2)c(C(C)(C)C)c1. The van der Waals surface area contributed by atoms with Crippen LogP contribution < -0.4 is 14.8 Å². The van der Waals surface area contributed by atoms with E-state index in [1.54, 1.807) is 18.4 Å². The standard InChI is InChI=1S/C18H24N2O3S/c1-12-20-13(11-24-12)9-19-17(21)10-23-16-7-6-14(22-5)8-15(16)18(2,3)4/h6-8,11H,9-10H2,1-5H3,(H,19,21). The Morgan fingerprint density at radius 3 is 2.67 bits per heavy atom. The fraction of sp³-hybridized carbons (Fsp3) is 0.444. The van der Waals surface area contributed by atoms with Crippen molar-refractivity contribution < 1.29 is 14.3 Å².